The van der Waals surface area contributed by atoms with E-state index in [1.165, 1.54) is 0 Å². The van der Waals surface area contributed by atoms with Crippen LogP contribution in [-0.4, -0.2) is 31.8 Å². The molecule has 1 amide bonds. The second-order valence-corrected chi connectivity index (χ2v) is 9.90. The van der Waals surface area contributed by atoms with E-state index < -0.39 is 0 Å². The number of hydrogen-bond acceptors (Lipinski definition) is 4. The van der Waals surface area contributed by atoms with Gasteiger partial charge in [-0.15, -0.1) is 0 Å². The normalized spacial score (nSPS) is 24.9. The van der Waals surface area contributed by atoms with Crippen molar-refractivity contribution < 1.29 is 4.79 Å². The zero-order chi connectivity index (χ0) is 22.5. The Balaban J connectivity index is 1.24. The lowest BCUT2D eigenvalue weighted by Crippen LogP contribution is -2.32. The number of rotatable bonds is 5. The van der Waals surface area contributed by atoms with E-state index >= 15 is 0 Å². The molecule has 4 N–H and O–H groups in total. The van der Waals surface area contributed by atoms with Crippen molar-refractivity contribution >= 4 is 28.1 Å². The van der Waals surface area contributed by atoms with Gasteiger partial charge in [0.25, 0.3) is 0 Å². The van der Waals surface area contributed by atoms with Gasteiger partial charge >= 0.3 is 0 Å². The van der Waals surface area contributed by atoms with E-state index in [1.54, 1.807) is 6.20 Å². The van der Waals surface area contributed by atoms with Crippen molar-refractivity contribution in [3.63, 3.8) is 0 Å². The van der Waals surface area contributed by atoms with E-state index in [0.717, 1.165) is 72.3 Å². The highest BCUT2D eigenvalue weighted by molar-refractivity contribution is 5.91. The van der Waals surface area contributed by atoms with Crippen molar-refractivity contribution in [3.05, 3.63) is 48.5 Å². The number of amides is 1. The summed E-state index contributed by atoms with van der Waals surface area (Å²) in [7, 11) is 0. The van der Waals surface area contributed by atoms with Crippen molar-refractivity contribution in [3.8, 4) is 11.4 Å². The van der Waals surface area contributed by atoms with Crippen LogP contribution in [0, 0.1) is 17.8 Å². The van der Waals surface area contributed by atoms with Gasteiger partial charge in [-0.05, 0) is 56.1 Å². The third-order valence-corrected chi connectivity index (χ3v) is 7.62. The Hall–Kier alpha value is -3.35. The molecule has 2 atom stereocenters. The van der Waals surface area contributed by atoms with Crippen molar-refractivity contribution in [1.29, 1.82) is 0 Å². The van der Waals surface area contributed by atoms with Crippen LogP contribution in [-0.2, 0) is 4.79 Å². The Kier molecular flexibility index (Phi) is 4.85. The van der Waals surface area contributed by atoms with Crippen LogP contribution in [0.5, 0.6) is 0 Å². The first-order chi connectivity index (χ1) is 16.1. The maximum Gasteiger partial charge on any atom is 0.223 e. The number of nitrogens with two attached hydrogens (primary N) is 1. The van der Waals surface area contributed by atoms with E-state index in [1.807, 2.05) is 18.3 Å². The summed E-state index contributed by atoms with van der Waals surface area (Å²) in [6.07, 6.45) is 9.10. The zero-order valence-corrected chi connectivity index (χ0v) is 18.9. The average molecular weight is 443 g/mol. The quantitative estimate of drug-likeness (QED) is 0.423. The van der Waals surface area contributed by atoms with Crippen LogP contribution in [0.3, 0.4) is 0 Å². The molecule has 0 saturated heterocycles. The van der Waals surface area contributed by atoms with Crippen LogP contribution >= 0.6 is 0 Å². The Labute approximate surface area is 192 Å². The van der Waals surface area contributed by atoms with E-state index in [9.17, 15) is 4.79 Å². The predicted octanol–water partition coefficient (Wildman–Crippen LogP) is 4.51. The lowest BCUT2D eigenvalue weighted by molar-refractivity contribution is -0.122. The Bertz CT molecular complexity index is 1300. The zero-order valence-electron chi connectivity index (χ0n) is 18.9. The minimum atomic E-state index is 0.245. The van der Waals surface area contributed by atoms with Crippen molar-refractivity contribution in [2.45, 2.75) is 44.9 Å². The minimum absolute atomic E-state index is 0.245. The molecule has 170 valence electrons. The van der Waals surface area contributed by atoms with Gasteiger partial charge < -0.3 is 16.0 Å². The van der Waals surface area contributed by atoms with Gasteiger partial charge in [-0.25, -0.2) is 9.97 Å². The first-order valence-corrected chi connectivity index (χ1v) is 12.1. The summed E-state index contributed by atoms with van der Waals surface area (Å²) in [6, 6.07) is 10.4. The summed E-state index contributed by atoms with van der Waals surface area (Å²) in [5.41, 5.74) is 10.1. The highest BCUT2D eigenvalue weighted by Gasteiger charge is 2.39. The second-order valence-electron chi connectivity index (χ2n) is 9.90. The fraction of sp³-hybridized carbons (Fsp3) is 0.423. The fourth-order valence-corrected chi connectivity index (χ4v) is 5.45. The number of H-pyrrole nitrogens is 1. The topological polar surface area (TPSA) is 101 Å². The van der Waals surface area contributed by atoms with Crippen LogP contribution < -0.4 is 11.1 Å². The van der Waals surface area contributed by atoms with Gasteiger partial charge in [0.15, 0.2) is 0 Å². The molecule has 0 radical (unpaired) electrons. The molecule has 2 aliphatic carbocycles. The van der Waals surface area contributed by atoms with Gasteiger partial charge in [0.2, 0.25) is 5.91 Å². The Morgan fingerprint density at radius 2 is 2.03 bits per heavy atom. The predicted molar refractivity (Wildman–Crippen MR) is 130 cm³/mol. The second kappa shape index (κ2) is 7.90. The molecule has 0 spiro atoms. The molecule has 0 aliphatic heterocycles. The van der Waals surface area contributed by atoms with E-state index in [0.29, 0.717) is 23.6 Å². The molecule has 4 aromatic rings. The number of carbonyl (C=O) groups is 1. The SMILES string of the molecule is C[C@@H]1CC1C(=O)NCC1CCC(c2nc(-c3cc4ccccc4[nH]3)c3c(N)nccn23)CC1. The van der Waals surface area contributed by atoms with Crippen molar-refractivity contribution in [2.75, 3.05) is 12.3 Å². The number of fused-ring (bicyclic) bond motifs is 2. The summed E-state index contributed by atoms with van der Waals surface area (Å²) in [5, 5.41) is 4.34. The first-order valence-electron chi connectivity index (χ1n) is 12.1. The molecular formula is C26H30N6O. The van der Waals surface area contributed by atoms with Crippen molar-refractivity contribution in [1.82, 2.24) is 24.7 Å². The molecule has 6 rings (SSSR count). The molecule has 1 unspecified atom stereocenters. The molecule has 2 aliphatic rings. The highest BCUT2D eigenvalue weighted by atomic mass is 16.2. The number of nitrogens with one attached hydrogen (secondary N) is 2. The van der Waals surface area contributed by atoms with Crippen molar-refractivity contribution in [2.24, 2.45) is 17.8 Å². The number of hydrogen-bond donors (Lipinski definition) is 3. The van der Waals surface area contributed by atoms with Gasteiger partial charge in [-0.2, -0.15) is 0 Å². The maximum atomic E-state index is 12.2. The number of carbonyl (C=O) groups excluding carboxylic acids is 1. The smallest absolute Gasteiger partial charge is 0.223 e. The number of benzene rings is 1. The van der Waals surface area contributed by atoms with Crippen LogP contribution in [0.25, 0.3) is 27.8 Å². The third-order valence-electron chi connectivity index (χ3n) is 7.62. The number of aromatic nitrogens is 4. The van der Waals surface area contributed by atoms with Gasteiger partial charge in [0.1, 0.15) is 22.9 Å². The molecule has 2 fully saturated rings. The summed E-state index contributed by atoms with van der Waals surface area (Å²) in [6.45, 7) is 2.95. The van der Waals surface area contributed by atoms with E-state index in [2.05, 4.69) is 44.8 Å². The summed E-state index contributed by atoms with van der Waals surface area (Å²) >= 11 is 0. The number of anilines is 1. The summed E-state index contributed by atoms with van der Waals surface area (Å²) in [5.74, 6) is 3.52. The molecule has 0 bridgehead atoms. The lowest BCUT2D eigenvalue weighted by atomic mass is 9.81. The monoisotopic (exact) mass is 442 g/mol. The highest BCUT2D eigenvalue weighted by Crippen LogP contribution is 2.40. The maximum absolute atomic E-state index is 12.2. The lowest BCUT2D eigenvalue weighted by Gasteiger charge is -2.28. The molecule has 7 heteroatoms. The minimum Gasteiger partial charge on any atom is -0.382 e. The van der Waals surface area contributed by atoms with Crippen LogP contribution in [0.2, 0.25) is 0 Å². The average Bonchev–Trinajstić information content (AvgIpc) is 3.24. The van der Waals surface area contributed by atoms with Gasteiger partial charge in [0.05, 0.1) is 5.69 Å². The van der Waals surface area contributed by atoms with Gasteiger partial charge in [-0.3, -0.25) is 9.20 Å². The summed E-state index contributed by atoms with van der Waals surface area (Å²) in [4.78, 5) is 25.1. The number of imidazole rings is 1. The Morgan fingerprint density at radius 1 is 1.24 bits per heavy atom. The molecule has 7 nitrogen and oxygen atoms in total. The van der Waals surface area contributed by atoms with Crippen LogP contribution in [0.1, 0.15) is 50.8 Å². The Morgan fingerprint density at radius 3 is 2.79 bits per heavy atom. The fourth-order valence-electron chi connectivity index (χ4n) is 5.45. The van der Waals surface area contributed by atoms with Gasteiger partial charge in [-0.1, -0.05) is 25.1 Å². The van der Waals surface area contributed by atoms with Crippen LogP contribution in [0.4, 0.5) is 5.82 Å². The largest absolute Gasteiger partial charge is 0.382 e. The first kappa shape index (κ1) is 20.3. The van der Waals surface area contributed by atoms with Crippen LogP contribution in [0.15, 0.2) is 42.7 Å². The molecular weight excluding hydrogens is 412 g/mol. The molecule has 3 aromatic heterocycles. The van der Waals surface area contributed by atoms with E-state index in [-0.39, 0.29) is 11.8 Å². The molecule has 2 saturated carbocycles. The molecule has 3 heterocycles. The van der Waals surface area contributed by atoms with Gasteiger partial charge in [0, 0.05) is 41.7 Å². The molecule has 1 aromatic carbocycles. The number of nitrogens with zero attached hydrogens (tertiary/aromatic N) is 3. The number of para-hydroxylation sites is 1. The summed E-state index contributed by atoms with van der Waals surface area (Å²) < 4.78 is 2.13. The third kappa shape index (κ3) is 3.65. The van der Waals surface area contributed by atoms with E-state index in [4.69, 9.17) is 10.7 Å². The number of nitrogen functional groups attached to an aromatic ring is 1. The standard InChI is InChI=1S/C26H30N6O/c1-15-12-19(15)26(33)29-14-16-6-8-17(9-7-16)25-31-22(23-24(27)28-10-11-32(23)25)21-13-18-4-2-3-5-20(18)30-21/h2-5,10-11,13,15-17,19,30H,6-9,12,14H2,1H3,(H2,27,28)(H,29,33)/t15-,16?,17?,19?/m1/s1. The number of aromatic amines is 1. The molecule has 33 heavy (non-hydrogen) atoms.